The molecule has 0 saturated heterocycles. The molecule has 60 valence electrons. The lowest BCUT2D eigenvalue weighted by molar-refractivity contribution is 0.190. The van der Waals surface area contributed by atoms with Gasteiger partial charge in [0.2, 0.25) is 0 Å². The standard InChI is InChI=1S/C10H14O/c11-8-9-4-1-2-5-10(8,9)7-3-6-9/h1-2,8,11H,3-7H2/t8?,9-,10+. The van der Waals surface area contributed by atoms with Gasteiger partial charge in [-0.2, -0.15) is 0 Å². The summed E-state index contributed by atoms with van der Waals surface area (Å²) in [4.78, 5) is 0. The molecule has 0 aromatic rings. The molecule has 0 radical (unpaired) electrons. The highest BCUT2D eigenvalue weighted by Gasteiger charge is 2.76. The Morgan fingerprint density at radius 1 is 1.09 bits per heavy atom. The molecule has 0 heterocycles. The van der Waals surface area contributed by atoms with Gasteiger partial charge in [0.05, 0.1) is 6.10 Å². The molecule has 1 unspecified atom stereocenters. The summed E-state index contributed by atoms with van der Waals surface area (Å²) in [5, 5.41) is 9.85. The average molecular weight is 150 g/mol. The molecule has 0 spiro atoms. The quantitative estimate of drug-likeness (QED) is 0.523. The molecule has 0 bridgehead atoms. The fraction of sp³-hybridized carbons (Fsp3) is 0.800. The normalized spacial score (nSPS) is 58.8. The molecular formula is C10H14O. The van der Waals surface area contributed by atoms with Crippen molar-refractivity contribution in [1.82, 2.24) is 0 Å². The molecule has 0 aromatic heterocycles. The van der Waals surface area contributed by atoms with Crippen LogP contribution in [0.25, 0.3) is 0 Å². The highest BCUT2D eigenvalue weighted by molar-refractivity contribution is 5.31. The van der Waals surface area contributed by atoms with Gasteiger partial charge in [0.15, 0.2) is 0 Å². The van der Waals surface area contributed by atoms with Gasteiger partial charge in [0.1, 0.15) is 0 Å². The van der Waals surface area contributed by atoms with Gasteiger partial charge in [-0.15, -0.1) is 0 Å². The van der Waals surface area contributed by atoms with E-state index in [1.807, 2.05) is 0 Å². The van der Waals surface area contributed by atoms with Crippen molar-refractivity contribution >= 4 is 0 Å². The first kappa shape index (κ1) is 6.24. The van der Waals surface area contributed by atoms with Crippen molar-refractivity contribution in [3.05, 3.63) is 12.2 Å². The lowest BCUT2D eigenvalue weighted by atomic mass is 9.86. The second-order valence-corrected chi connectivity index (χ2v) is 4.45. The fourth-order valence-electron chi connectivity index (χ4n) is 3.62. The predicted molar refractivity (Wildman–Crippen MR) is 43.1 cm³/mol. The summed E-state index contributed by atoms with van der Waals surface area (Å²) in [7, 11) is 0. The zero-order chi connectivity index (χ0) is 7.53. The Bertz CT molecular complexity index is 211. The Kier molecular flexibility index (Phi) is 0.885. The van der Waals surface area contributed by atoms with Gasteiger partial charge < -0.3 is 5.11 Å². The first-order valence-electron chi connectivity index (χ1n) is 4.65. The zero-order valence-electron chi connectivity index (χ0n) is 6.71. The van der Waals surface area contributed by atoms with E-state index in [2.05, 4.69) is 12.2 Å². The topological polar surface area (TPSA) is 20.2 Å². The Morgan fingerprint density at radius 2 is 1.64 bits per heavy atom. The van der Waals surface area contributed by atoms with Gasteiger partial charge in [-0.1, -0.05) is 18.6 Å². The van der Waals surface area contributed by atoms with E-state index < -0.39 is 0 Å². The minimum atomic E-state index is 0.0405. The Hall–Kier alpha value is -0.300. The molecule has 3 atom stereocenters. The summed E-state index contributed by atoms with van der Waals surface area (Å²) >= 11 is 0. The van der Waals surface area contributed by atoms with E-state index in [1.165, 1.54) is 19.3 Å². The van der Waals surface area contributed by atoms with Crippen LogP contribution in [0.2, 0.25) is 0 Å². The van der Waals surface area contributed by atoms with Gasteiger partial charge in [-0.05, 0) is 25.7 Å². The SMILES string of the molecule is OC1[C@@]23CC=CC[C@@]12CCC3. The third kappa shape index (κ3) is 0.451. The summed E-state index contributed by atoms with van der Waals surface area (Å²) in [6, 6.07) is 0. The lowest BCUT2D eigenvalue weighted by Gasteiger charge is -2.17. The van der Waals surface area contributed by atoms with Gasteiger partial charge in [0, 0.05) is 10.8 Å². The monoisotopic (exact) mass is 150 g/mol. The van der Waals surface area contributed by atoms with Gasteiger partial charge in [-0.3, -0.25) is 0 Å². The van der Waals surface area contributed by atoms with Crippen molar-refractivity contribution in [3.8, 4) is 0 Å². The lowest BCUT2D eigenvalue weighted by Crippen LogP contribution is -2.08. The third-order valence-electron chi connectivity index (χ3n) is 4.33. The fourth-order valence-corrected chi connectivity index (χ4v) is 3.62. The molecule has 0 aliphatic heterocycles. The smallest absolute Gasteiger partial charge is 0.0671 e. The summed E-state index contributed by atoms with van der Waals surface area (Å²) in [6.45, 7) is 0. The van der Waals surface area contributed by atoms with E-state index in [4.69, 9.17) is 0 Å². The maximum Gasteiger partial charge on any atom is 0.0671 e. The van der Waals surface area contributed by atoms with Crippen LogP contribution in [0.15, 0.2) is 12.2 Å². The highest BCUT2D eigenvalue weighted by Crippen LogP contribution is 2.77. The van der Waals surface area contributed by atoms with Crippen LogP contribution in [0.4, 0.5) is 0 Å². The van der Waals surface area contributed by atoms with Crippen LogP contribution in [0.3, 0.4) is 0 Å². The van der Waals surface area contributed by atoms with E-state index in [1.54, 1.807) is 0 Å². The van der Waals surface area contributed by atoms with Gasteiger partial charge in [-0.25, -0.2) is 0 Å². The summed E-state index contributed by atoms with van der Waals surface area (Å²) in [6.07, 6.45) is 10.8. The molecule has 1 heteroatoms. The first-order valence-corrected chi connectivity index (χ1v) is 4.65. The van der Waals surface area contributed by atoms with E-state index in [9.17, 15) is 5.11 Å². The number of aliphatic hydroxyl groups excluding tert-OH is 1. The van der Waals surface area contributed by atoms with Gasteiger partial charge in [0.25, 0.3) is 0 Å². The summed E-state index contributed by atoms with van der Waals surface area (Å²) in [5.74, 6) is 0. The molecule has 1 nitrogen and oxygen atoms in total. The first-order chi connectivity index (χ1) is 5.32. The Balaban J connectivity index is 2.05. The zero-order valence-corrected chi connectivity index (χ0v) is 6.71. The van der Waals surface area contributed by atoms with Crippen molar-refractivity contribution in [3.63, 3.8) is 0 Å². The molecule has 3 aliphatic carbocycles. The van der Waals surface area contributed by atoms with Crippen LogP contribution in [0.1, 0.15) is 32.1 Å². The summed E-state index contributed by atoms with van der Waals surface area (Å²) in [5.41, 5.74) is 0.726. The van der Waals surface area contributed by atoms with E-state index in [0.717, 1.165) is 12.8 Å². The molecule has 3 aliphatic rings. The molecule has 1 N–H and O–H groups in total. The molecular weight excluding hydrogens is 136 g/mol. The van der Waals surface area contributed by atoms with Crippen molar-refractivity contribution in [2.75, 3.05) is 0 Å². The minimum absolute atomic E-state index is 0.0405. The predicted octanol–water partition coefficient (Wildman–Crippen LogP) is 1.87. The van der Waals surface area contributed by atoms with Crippen LogP contribution >= 0.6 is 0 Å². The van der Waals surface area contributed by atoms with Crippen LogP contribution in [-0.2, 0) is 0 Å². The third-order valence-corrected chi connectivity index (χ3v) is 4.33. The molecule has 2 fully saturated rings. The van der Waals surface area contributed by atoms with E-state index in [0.29, 0.717) is 10.8 Å². The van der Waals surface area contributed by atoms with Crippen LogP contribution < -0.4 is 0 Å². The second kappa shape index (κ2) is 1.56. The highest BCUT2D eigenvalue weighted by atomic mass is 16.3. The number of aliphatic hydroxyl groups is 1. The van der Waals surface area contributed by atoms with Crippen molar-refractivity contribution in [2.45, 2.75) is 38.2 Å². The summed E-state index contributed by atoms with van der Waals surface area (Å²) < 4.78 is 0. The number of hydrogen-bond donors (Lipinski definition) is 1. The maximum absolute atomic E-state index is 9.85. The van der Waals surface area contributed by atoms with Crippen molar-refractivity contribution < 1.29 is 5.11 Å². The van der Waals surface area contributed by atoms with Crippen LogP contribution in [0.5, 0.6) is 0 Å². The minimum Gasteiger partial charge on any atom is -0.392 e. The number of rotatable bonds is 0. The molecule has 3 rings (SSSR count). The van der Waals surface area contributed by atoms with Crippen molar-refractivity contribution in [1.29, 1.82) is 0 Å². The van der Waals surface area contributed by atoms with Crippen molar-refractivity contribution in [2.24, 2.45) is 10.8 Å². The molecule has 11 heavy (non-hydrogen) atoms. The van der Waals surface area contributed by atoms with E-state index >= 15 is 0 Å². The Labute approximate surface area is 67.1 Å². The maximum atomic E-state index is 9.85. The van der Waals surface area contributed by atoms with Crippen LogP contribution in [0, 0.1) is 10.8 Å². The number of allylic oxidation sites excluding steroid dienone is 2. The average Bonchev–Trinajstić information content (AvgIpc) is 2.44. The molecule has 0 amide bonds. The number of hydrogen-bond acceptors (Lipinski definition) is 1. The van der Waals surface area contributed by atoms with Gasteiger partial charge >= 0.3 is 0 Å². The molecule has 0 aromatic carbocycles. The largest absolute Gasteiger partial charge is 0.392 e. The van der Waals surface area contributed by atoms with E-state index in [-0.39, 0.29) is 6.10 Å². The van der Waals surface area contributed by atoms with Crippen LogP contribution in [-0.4, -0.2) is 11.2 Å². The second-order valence-electron chi connectivity index (χ2n) is 4.45. The Morgan fingerprint density at radius 3 is 2.18 bits per heavy atom. The molecule has 2 saturated carbocycles.